The smallest absolute Gasteiger partial charge is 0.311 e. The Morgan fingerprint density at radius 1 is 1.32 bits per heavy atom. The summed E-state index contributed by atoms with van der Waals surface area (Å²) in [5, 5.41) is 9.79. The Kier molecular flexibility index (Phi) is 5.07. The largest absolute Gasteiger partial charge is 0.481 e. The highest BCUT2D eigenvalue weighted by molar-refractivity contribution is 5.76. The molecule has 1 aromatic rings. The molecular weight excluding hydrogens is 276 g/mol. The maximum absolute atomic E-state index is 11.9. The highest BCUT2D eigenvalue weighted by Crippen LogP contribution is 2.41. The van der Waals surface area contributed by atoms with E-state index in [0.29, 0.717) is 0 Å². The van der Waals surface area contributed by atoms with E-state index in [1.807, 2.05) is 64.1 Å². The topological polar surface area (TPSA) is 46.5 Å². The van der Waals surface area contributed by atoms with Crippen LogP contribution in [0.25, 0.3) is 0 Å². The molecule has 22 heavy (non-hydrogen) atoms. The summed E-state index contributed by atoms with van der Waals surface area (Å²) in [5.74, 6) is -1.28. The summed E-state index contributed by atoms with van der Waals surface area (Å²) in [6.45, 7) is 8.07. The number of carbonyl (C=O) groups is 1. The zero-order chi connectivity index (χ0) is 16.3. The lowest BCUT2D eigenvalue weighted by Gasteiger charge is -2.38. The highest BCUT2D eigenvalue weighted by atomic mass is 16.5. The minimum absolute atomic E-state index is 0.0173. The molecule has 2 unspecified atom stereocenters. The molecule has 3 heteroatoms. The minimum Gasteiger partial charge on any atom is -0.481 e. The van der Waals surface area contributed by atoms with Crippen molar-refractivity contribution in [2.75, 3.05) is 0 Å². The standard InChI is InChI=1S/C19H26O3/c1-5-14(13-9-7-6-8-10-13)17(18(20)21)15-11-12-16(15)22-19(2,3)4/h6-11,14,16-17H,5,12H2,1-4H3,(H,20,21)/t14?,16-,17?/m0/s1. The summed E-state index contributed by atoms with van der Waals surface area (Å²) in [7, 11) is 0. The van der Waals surface area contributed by atoms with E-state index < -0.39 is 11.9 Å². The molecule has 0 aliphatic heterocycles. The van der Waals surface area contributed by atoms with Gasteiger partial charge in [0.25, 0.3) is 0 Å². The molecule has 2 rings (SSSR count). The van der Waals surface area contributed by atoms with Gasteiger partial charge in [0.1, 0.15) is 0 Å². The zero-order valence-electron chi connectivity index (χ0n) is 13.9. The van der Waals surface area contributed by atoms with Crippen LogP contribution in [0.3, 0.4) is 0 Å². The third-order valence-corrected chi connectivity index (χ3v) is 4.13. The molecule has 3 nitrogen and oxygen atoms in total. The van der Waals surface area contributed by atoms with Crippen LogP contribution in [0.4, 0.5) is 0 Å². The molecule has 3 atom stereocenters. The first-order chi connectivity index (χ1) is 10.3. The molecule has 0 fully saturated rings. The van der Waals surface area contributed by atoms with Crippen molar-refractivity contribution in [2.24, 2.45) is 5.92 Å². The molecule has 0 bridgehead atoms. The average Bonchev–Trinajstić information content (AvgIpc) is 2.43. The highest BCUT2D eigenvalue weighted by Gasteiger charge is 2.39. The van der Waals surface area contributed by atoms with Gasteiger partial charge in [-0.15, -0.1) is 0 Å². The summed E-state index contributed by atoms with van der Waals surface area (Å²) in [4.78, 5) is 11.9. The molecule has 0 radical (unpaired) electrons. The van der Waals surface area contributed by atoms with Crippen molar-refractivity contribution in [2.45, 2.75) is 58.2 Å². The summed E-state index contributed by atoms with van der Waals surface area (Å²) < 4.78 is 6.02. The molecule has 0 saturated heterocycles. The normalized spacial score (nSPS) is 20.7. The molecule has 0 spiro atoms. The van der Waals surface area contributed by atoms with E-state index in [2.05, 4.69) is 0 Å². The first kappa shape index (κ1) is 16.8. The molecule has 1 aromatic carbocycles. The first-order valence-corrected chi connectivity index (χ1v) is 7.99. The number of carboxylic acids is 1. The average molecular weight is 302 g/mol. The SMILES string of the molecule is CCC(c1ccccc1)C(C(=O)O)C1=CC[C@@H]1OC(C)(C)C. The Hall–Kier alpha value is -1.61. The summed E-state index contributed by atoms with van der Waals surface area (Å²) in [6, 6.07) is 9.93. The number of aliphatic carboxylic acids is 1. The lowest BCUT2D eigenvalue weighted by molar-refractivity contribution is -0.142. The number of carboxylic acid groups (broad SMARTS) is 1. The van der Waals surface area contributed by atoms with E-state index in [0.717, 1.165) is 24.0 Å². The summed E-state index contributed by atoms with van der Waals surface area (Å²) in [6.07, 6.45) is 3.56. The van der Waals surface area contributed by atoms with Gasteiger partial charge in [-0.3, -0.25) is 4.79 Å². The van der Waals surface area contributed by atoms with Gasteiger partial charge in [-0.1, -0.05) is 43.3 Å². The predicted octanol–water partition coefficient (Wildman–Crippen LogP) is 4.39. The van der Waals surface area contributed by atoms with E-state index in [9.17, 15) is 9.90 Å². The molecule has 120 valence electrons. The fourth-order valence-corrected chi connectivity index (χ4v) is 3.13. The fourth-order valence-electron chi connectivity index (χ4n) is 3.13. The number of benzene rings is 1. The van der Waals surface area contributed by atoms with Crippen LogP contribution in [-0.4, -0.2) is 22.8 Å². The maximum Gasteiger partial charge on any atom is 0.311 e. The van der Waals surface area contributed by atoms with Crippen molar-refractivity contribution in [3.05, 3.63) is 47.5 Å². The van der Waals surface area contributed by atoms with Gasteiger partial charge in [-0.2, -0.15) is 0 Å². The quantitative estimate of drug-likeness (QED) is 0.792. The van der Waals surface area contributed by atoms with Gasteiger partial charge in [-0.05, 0) is 44.7 Å². The number of ether oxygens (including phenoxy) is 1. The van der Waals surface area contributed by atoms with Crippen LogP contribution in [0.5, 0.6) is 0 Å². The van der Waals surface area contributed by atoms with Crippen LogP contribution in [0.1, 0.15) is 52.0 Å². The van der Waals surface area contributed by atoms with Crippen molar-refractivity contribution in [1.29, 1.82) is 0 Å². The Bertz CT molecular complexity index is 540. The second-order valence-electron chi connectivity index (χ2n) is 6.90. The van der Waals surface area contributed by atoms with Crippen molar-refractivity contribution < 1.29 is 14.6 Å². The molecule has 0 saturated carbocycles. The number of rotatable bonds is 6. The van der Waals surface area contributed by atoms with Gasteiger partial charge in [0, 0.05) is 5.92 Å². The lowest BCUT2D eigenvalue weighted by atomic mass is 9.73. The monoisotopic (exact) mass is 302 g/mol. The van der Waals surface area contributed by atoms with Crippen LogP contribution in [0.2, 0.25) is 0 Å². The molecule has 0 amide bonds. The maximum atomic E-state index is 11.9. The van der Waals surface area contributed by atoms with Gasteiger partial charge in [0.2, 0.25) is 0 Å². The lowest BCUT2D eigenvalue weighted by Crippen LogP contribution is -2.39. The van der Waals surface area contributed by atoms with Crippen LogP contribution in [0.15, 0.2) is 42.0 Å². The van der Waals surface area contributed by atoms with Crippen molar-refractivity contribution in [3.8, 4) is 0 Å². The molecule has 1 N–H and O–H groups in total. The Labute approximate surface area is 133 Å². The minimum atomic E-state index is -0.760. The predicted molar refractivity (Wildman–Crippen MR) is 87.9 cm³/mol. The van der Waals surface area contributed by atoms with Gasteiger partial charge >= 0.3 is 5.97 Å². The van der Waals surface area contributed by atoms with E-state index in [4.69, 9.17) is 4.74 Å². The van der Waals surface area contributed by atoms with Gasteiger partial charge in [-0.25, -0.2) is 0 Å². The second-order valence-corrected chi connectivity index (χ2v) is 6.90. The number of hydrogen-bond donors (Lipinski definition) is 1. The second kappa shape index (κ2) is 6.66. The Balaban J connectivity index is 2.25. The van der Waals surface area contributed by atoms with E-state index in [1.54, 1.807) is 0 Å². The van der Waals surface area contributed by atoms with Crippen LogP contribution >= 0.6 is 0 Å². The first-order valence-electron chi connectivity index (χ1n) is 7.99. The van der Waals surface area contributed by atoms with Crippen molar-refractivity contribution in [3.63, 3.8) is 0 Å². The zero-order valence-corrected chi connectivity index (χ0v) is 13.9. The molecule has 1 aliphatic carbocycles. The van der Waals surface area contributed by atoms with E-state index >= 15 is 0 Å². The van der Waals surface area contributed by atoms with Gasteiger partial charge in [0.15, 0.2) is 0 Å². The van der Waals surface area contributed by atoms with Gasteiger partial charge < -0.3 is 9.84 Å². The summed E-state index contributed by atoms with van der Waals surface area (Å²) in [5.41, 5.74) is 1.75. The molecule has 0 aromatic heterocycles. The van der Waals surface area contributed by atoms with Crippen LogP contribution in [-0.2, 0) is 9.53 Å². The van der Waals surface area contributed by atoms with Crippen LogP contribution < -0.4 is 0 Å². The Morgan fingerprint density at radius 3 is 2.36 bits per heavy atom. The van der Waals surface area contributed by atoms with Crippen molar-refractivity contribution >= 4 is 5.97 Å². The molecule has 0 heterocycles. The van der Waals surface area contributed by atoms with E-state index in [1.165, 1.54) is 0 Å². The number of hydrogen-bond acceptors (Lipinski definition) is 2. The van der Waals surface area contributed by atoms with Crippen LogP contribution in [0, 0.1) is 5.92 Å². The van der Waals surface area contributed by atoms with Crippen molar-refractivity contribution in [1.82, 2.24) is 0 Å². The van der Waals surface area contributed by atoms with E-state index in [-0.39, 0.29) is 17.6 Å². The third-order valence-electron chi connectivity index (χ3n) is 4.13. The molecule has 1 aliphatic rings. The van der Waals surface area contributed by atoms with Gasteiger partial charge in [0.05, 0.1) is 17.6 Å². The fraction of sp³-hybridized carbons (Fsp3) is 0.526. The Morgan fingerprint density at radius 2 is 1.95 bits per heavy atom. The molecular formula is C19H26O3. The summed E-state index contributed by atoms with van der Waals surface area (Å²) >= 11 is 0. The third kappa shape index (κ3) is 3.77.